The maximum absolute atomic E-state index is 12.7. The second kappa shape index (κ2) is 8.21. The number of hydrogen-bond acceptors (Lipinski definition) is 3. The molecule has 0 aliphatic carbocycles. The van der Waals surface area contributed by atoms with E-state index in [0.29, 0.717) is 23.9 Å². The summed E-state index contributed by atoms with van der Waals surface area (Å²) in [6.45, 7) is 1.14. The first-order chi connectivity index (χ1) is 12.6. The van der Waals surface area contributed by atoms with Gasteiger partial charge in [0.25, 0.3) is 5.91 Å². The molecule has 2 heterocycles. The van der Waals surface area contributed by atoms with Crippen LogP contribution in [0.4, 0.5) is 0 Å². The predicted octanol–water partition coefficient (Wildman–Crippen LogP) is 3.30. The molecule has 3 aromatic rings. The van der Waals surface area contributed by atoms with Gasteiger partial charge in [-0.25, -0.2) is 4.68 Å². The van der Waals surface area contributed by atoms with Crippen LogP contribution < -0.4 is 5.32 Å². The van der Waals surface area contributed by atoms with Crippen molar-refractivity contribution in [3.8, 4) is 17.1 Å². The zero-order valence-electron chi connectivity index (χ0n) is 14.8. The number of carbonyl (C=O) groups excluding carboxylic acids is 1. The van der Waals surface area contributed by atoms with Crippen LogP contribution in [0.2, 0.25) is 5.02 Å². The van der Waals surface area contributed by atoms with E-state index in [4.69, 9.17) is 16.3 Å². The minimum atomic E-state index is -0.177. The first kappa shape index (κ1) is 18.2. The Bertz CT molecular complexity index is 883. The van der Waals surface area contributed by atoms with E-state index in [1.165, 1.54) is 0 Å². The van der Waals surface area contributed by atoms with Gasteiger partial charge < -0.3 is 14.6 Å². The summed E-state index contributed by atoms with van der Waals surface area (Å²) >= 11 is 5.98. The van der Waals surface area contributed by atoms with Crippen LogP contribution in [0.5, 0.6) is 0 Å². The van der Waals surface area contributed by atoms with Crippen LogP contribution in [-0.4, -0.2) is 40.5 Å². The van der Waals surface area contributed by atoms with Gasteiger partial charge in [0, 0.05) is 38.5 Å². The van der Waals surface area contributed by atoms with Crippen LogP contribution in [-0.2, 0) is 11.8 Å². The van der Waals surface area contributed by atoms with Crippen molar-refractivity contribution in [2.75, 3.05) is 20.3 Å². The molecule has 136 valence electrons. The molecule has 0 spiro atoms. The number of ether oxygens (including phenoxy) is 1. The molecule has 3 rings (SSSR count). The second-order valence-corrected chi connectivity index (χ2v) is 6.35. The van der Waals surface area contributed by atoms with Gasteiger partial charge in [0.1, 0.15) is 11.4 Å². The smallest absolute Gasteiger partial charge is 0.270 e. The van der Waals surface area contributed by atoms with E-state index in [-0.39, 0.29) is 5.91 Å². The second-order valence-electron chi connectivity index (χ2n) is 5.91. The van der Waals surface area contributed by atoms with Crippen molar-refractivity contribution in [2.45, 2.75) is 6.42 Å². The monoisotopic (exact) mass is 372 g/mol. The van der Waals surface area contributed by atoms with Gasteiger partial charge in [-0.05, 0) is 48.9 Å². The molecule has 1 amide bonds. The Labute approximate surface area is 157 Å². The SMILES string of the molecule is COCCCNC(=O)c1cc(-c2cccn2C)nn1-c1ccc(Cl)cc1. The minimum Gasteiger partial charge on any atom is -0.385 e. The Kier molecular flexibility index (Phi) is 5.75. The number of aryl methyl sites for hydroxylation is 1. The summed E-state index contributed by atoms with van der Waals surface area (Å²) in [4.78, 5) is 12.7. The molecule has 1 aromatic carbocycles. The molecule has 0 aliphatic heterocycles. The number of hydrogen-bond donors (Lipinski definition) is 1. The highest BCUT2D eigenvalue weighted by Gasteiger charge is 2.18. The van der Waals surface area contributed by atoms with Gasteiger partial charge in [-0.3, -0.25) is 4.79 Å². The molecule has 0 bridgehead atoms. The van der Waals surface area contributed by atoms with E-state index in [2.05, 4.69) is 10.4 Å². The summed E-state index contributed by atoms with van der Waals surface area (Å²) in [6, 6.07) is 12.9. The number of methoxy groups -OCH3 is 1. The van der Waals surface area contributed by atoms with Crippen molar-refractivity contribution in [1.29, 1.82) is 0 Å². The van der Waals surface area contributed by atoms with Crippen molar-refractivity contribution in [1.82, 2.24) is 19.7 Å². The van der Waals surface area contributed by atoms with E-state index in [1.54, 1.807) is 30.0 Å². The number of carbonyl (C=O) groups is 1. The number of nitrogens with one attached hydrogen (secondary N) is 1. The van der Waals surface area contributed by atoms with Gasteiger partial charge in [0.2, 0.25) is 0 Å². The molecule has 7 heteroatoms. The van der Waals surface area contributed by atoms with Crippen molar-refractivity contribution >= 4 is 17.5 Å². The average molecular weight is 373 g/mol. The summed E-state index contributed by atoms with van der Waals surface area (Å²) < 4.78 is 8.63. The third-order valence-electron chi connectivity index (χ3n) is 4.03. The van der Waals surface area contributed by atoms with Crippen molar-refractivity contribution in [3.05, 3.63) is 59.4 Å². The number of aromatic nitrogens is 3. The lowest BCUT2D eigenvalue weighted by Crippen LogP contribution is -2.27. The largest absolute Gasteiger partial charge is 0.385 e. The normalized spacial score (nSPS) is 10.9. The van der Waals surface area contributed by atoms with Gasteiger partial charge in [0.15, 0.2) is 0 Å². The maximum atomic E-state index is 12.7. The third-order valence-corrected chi connectivity index (χ3v) is 4.28. The zero-order valence-corrected chi connectivity index (χ0v) is 15.5. The topological polar surface area (TPSA) is 61.1 Å². The van der Waals surface area contributed by atoms with Crippen molar-refractivity contribution < 1.29 is 9.53 Å². The highest BCUT2D eigenvalue weighted by atomic mass is 35.5. The van der Waals surface area contributed by atoms with Crippen molar-refractivity contribution in [3.63, 3.8) is 0 Å². The van der Waals surface area contributed by atoms with Crippen LogP contribution in [0.3, 0.4) is 0 Å². The van der Waals surface area contributed by atoms with Crippen LogP contribution in [0.15, 0.2) is 48.7 Å². The molecule has 2 aromatic heterocycles. The first-order valence-corrected chi connectivity index (χ1v) is 8.73. The van der Waals surface area contributed by atoms with Gasteiger partial charge in [-0.15, -0.1) is 0 Å². The molecule has 6 nitrogen and oxygen atoms in total. The quantitative estimate of drug-likeness (QED) is 0.647. The highest BCUT2D eigenvalue weighted by molar-refractivity contribution is 6.30. The molecule has 0 atom stereocenters. The Morgan fingerprint density at radius 2 is 2.04 bits per heavy atom. The predicted molar refractivity (Wildman–Crippen MR) is 102 cm³/mol. The van der Waals surface area contributed by atoms with Crippen LogP contribution in [0.25, 0.3) is 17.1 Å². The fourth-order valence-corrected chi connectivity index (χ4v) is 2.81. The average Bonchev–Trinajstić information content (AvgIpc) is 3.25. The molecule has 0 aliphatic rings. The summed E-state index contributed by atoms with van der Waals surface area (Å²) in [5.41, 5.74) is 2.92. The lowest BCUT2D eigenvalue weighted by molar-refractivity contribution is 0.0941. The van der Waals surface area contributed by atoms with Gasteiger partial charge in [-0.2, -0.15) is 5.10 Å². The molecule has 26 heavy (non-hydrogen) atoms. The van der Waals surface area contributed by atoms with E-state index < -0.39 is 0 Å². The van der Waals surface area contributed by atoms with E-state index in [1.807, 2.05) is 42.1 Å². The zero-order chi connectivity index (χ0) is 18.5. The molecule has 0 saturated heterocycles. The van der Waals surface area contributed by atoms with Crippen LogP contribution >= 0.6 is 11.6 Å². The fraction of sp³-hybridized carbons (Fsp3) is 0.263. The van der Waals surface area contributed by atoms with Crippen LogP contribution in [0.1, 0.15) is 16.9 Å². The lowest BCUT2D eigenvalue weighted by Gasteiger charge is -2.08. The molecule has 1 N–H and O–H groups in total. The summed E-state index contributed by atoms with van der Waals surface area (Å²) in [5, 5.41) is 8.20. The molecule has 0 unspecified atom stereocenters. The van der Waals surface area contributed by atoms with Crippen molar-refractivity contribution in [2.24, 2.45) is 7.05 Å². The number of amides is 1. The van der Waals surface area contributed by atoms with Crippen LogP contribution in [0, 0.1) is 0 Å². The number of benzene rings is 1. The summed E-state index contributed by atoms with van der Waals surface area (Å²) in [6.07, 6.45) is 2.70. The van der Waals surface area contributed by atoms with Gasteiger partial charge in [-0.1, -0.05) is 11.6 Å². The third kappa shape index (κ3) is 3.98. The Morgan fingerprint density at radius 1 is 1.27 bits per heavy atom. The maximum Gasteiger partial charge on any atom is 0.270 e. The molecular formula is C19H21ClN4O2. The Balaban J connectivity index is 1.95. The molecule has 0 radical (unpaired) electrons. The first-order valence-electron chi connectivity index (χ1n) is 8.35. The fourth-order valence-electron chi connectivity index (χ4n) is 2.68. The molecular weight excluding hydrogens is 352 g/mol. The Morgan fingerprint density at radius 3 is 2.69 bits per heavy atom. The van der Waals surface area contributed by atoms with E-state index >= 15 is 0 Å². The summed E-state index contributed by atoms with van der Waals surface area (Å²) in [5.74, 6) is -0.177. The lowest BCUT2D eigenvalue weighted by atomic mass is 10.2. The minimum absolute atomic E-state index is 0.177. The summed E-state index contributed by atoms with van der Waals surface area (Å²) in [7, 11) is 3.59. The standard InChI is InChI=1S/C19H21ClN4O2/c1-23-11-3-5-17(23)16-13-18(19(25)21-10-4-12-26-2)24(22-16)15-8-6-14(20)7-9-15/h3,5-9,11,13H,4,10,12H2,1-2H3,(H,21,25). The Hall–Kier alpha value is -2.57. The molecule has 0 saturated carbocycles. The van der Waals surface area contributed by atoms with Gasteiger partial charge >= 0.3 is 0 Å². The van der Waals surface area contributed by atoms with Gasteiger partial charge in [0.05, 0.1) is 11.4 Å². The number of halogens is 1. The van der Waals surface area contributed by atoms with E-state index in [0.717, 1.165) is 23.5 Å². The number of rotatable bonds is 7. The molecule has 0 fully saturated rings. The number of nitrogens with zero attached hydrogens (tertiary/aromatic N) is 3. The van der Waals surface area contributed by atoms with E-state index in [9.17, 15) is 4.79 Å². The highest BCUT2D eigenvalue weighted by Crippen LogP contribution is 2.22.